The molecule has 1 aliphatic heterocycles. The molecule has 0 aliphatic carbocycles. The maximum absolute atomic E-state index is 13.2. The lowest BCUT2D eigenvalue weighted by Gasteiger charge is -2.13. The lowest BCUT2D eigenvalue weighted by atomic mass is 10.1. The first kappa shape index (κ1) is 11.9. The van der Waals surface area contributed by atoms with E-state index in [9.17, 15) is 9.18 Å². The van der Waals surface area contributed by atoms with E-state index in [-0.39, 0.29) is 11.7 Å². The van der Waals surface area contributed by atoms with Crippen molar-refractivity contribution in [3.05, 3.63) is 54.0 Å². The van der Waals surface area contributed by atoms with Gasteiger partial charge in [-0.15, -0.1) is 0 Å². The van der Waals surface area contributed by atoms with E-state index in [4.69, 9.17) is 0 Å². The largest absolute Gasteiger partial charge is 0.370 e. The fraction of sp³-hybridized carbons (Fsp3) is 0.0667. The first-order chi connectivity index (χ1) is 10.2. The van der Waals surface area contributed by atoms with Gasteiger partial charge in [-0.2, -0.15) is 5.10 Å². The van der Waals surface area contributed by atoms with Crippen LogP contribution in [0.5, 0.6) is 0 Å². The topological polar surface area (TPSA) is 69.8 Å². The number of hydrogen-bond acceptors (Lipinski definition) is 3. The average molecular weight is 282 g/mol. The van der Waals surface area contributed by atoms with Crippen molar-refractivity contribution in [3.63, 3.8) is 0 Å². The van der Waals surface area contributed by atoms with Crippen LogP contribution in [0, 0.1) is 5.82 Å². The van der Waals surface area contributed by atoms with Gasteiger partial charge in [-0.05, 0) is 30.3 Å². The number of nitrogens with one attached hydrogen (secondary N) is 3. The molecule has 1 aliphatic rings. The quantitative estimate of drug-likeness (QED) is 0.677. The van der Waals surface area contributed by atoms with Crippen molar-refractivity contribution in [3.8, 4) is 0 Å². The highest BCUT2D eigenvalue weighted by Gasteiger charge is 2.30. The Kier molecular flexibility index (Phi) is 2.44. The van der Waals surface area contributed by atoms with Crippen molar-refractivity contribution in [2.75, 3.05) is 10.6 Å². The molecule has 0 saturated carbocycles. The van der Waals surface area contributed by atoms with Gasteiger partial charge in [-0.3, -0.25) is 9.89 Å². The Bertz CT molecular complexity index is 858. The van der Waals surface area contributed by atoms with E-state index in [1.807, 2.05) is 18.2 Å². The Morgan fingerprint density at radius 2 is 2.10 bits per heavy atom. The molecular weight excluding hydrogens is 271 g/mol. The molecule has 21 heavy (non-hydrogen) atoms. The minimum atomic E-state index is -0.527. The minimum Gasteiger partial charge on any atom is -0.370 e. The van der Waals surface area contributed by atoms with Gasteiger partial charge in [0.15, 0.2) is 0 Å². The van der Waals surface area contributed by atoms with Crippen LogP contribution in [-0.4, -0.2) is 16.1 Å². The summed E-state index contributed by atoms with van der Waals surface area (Å²) in [7, 11) is 0. The highest BCUT2D eigenvalue weighted by Crippen LogP contribution is 2.34. The smallest absolute Gasteiger partial charge is 0.251 e. The van der Waals surface area contributed by atoms with Gasteiger partial charge in [0.25, 0.3) is 5.91 Å². The van der Waals surface area contributed by atoms with E-state index in [2.05, 4.69) is 20.8 Å². The molecule has 1 unspecified atom stereocenters. The molecule has 3 aromatic rings. The third-order valence-electron chi connectivity index (χ3n) is 3.60. The summed E-state index contributed by atoms with van der Waals surface area (Å²) in [6.07, 6.45) is 1.74. The maximum Gasteiger partial charge on any atom is 0.251 e. The van der Waals surface area contributed by atoms with Crippen LogP contribution in [-0.2, 0) is 4.79 Å². The van der Waals surface area contributed by atoms with Gasteiger partial charge in [0.1, 0.15) is 11.9 Å². The van der Waals surface area contributed by atoms with E-state index < -0.39 is 6.04 Å². The van der Waals surface area contributed by atoms with Crippen LogP contribution in [0.2, 0.25) is 0 Å². The number of benzene rings is 2. The summed E-state index contributed by atoms with van der Waals surface area (Å²) in [6, 6.07) is 9.46. The number of nitrogens with zero attached hydrogens (tertiary/aromatic N) is 1. The highest BCUT2D eigenvalue weighted by atomic mass is 19.1. The van der Waals surface area contributed by atoms with Crippen LogP contribution in [0.4, 0.5) is 15.8 Å². The fourth-order valence-corrected chi connectivity index (χ4v) is 2.57. The Labute approximate surface area is 119 Å². The number of fused-ring (bicyclic) bond motifs is 2. The number of rotatable bonds is 2. The molecule has 104 valence electrons. The van der Waals surface area contributed by atoms with Crippen LogP contribution in [0.3, 0.4) is 0 Å². The van der Waals surface area contributed by atoms with Gasteiger partial charge in [-0.25, -0.2) is 4.39 Å². The molecule has 1 amide bonds. The molecule has 0 saturated heterocycles. The lowest BCUT2D eigenvalue weighted by molar-refractivity contribution is -0.116. The van der Waals surface area contributed by atoms with E-state index >= 15 is 0 Å². The van der Waals surface area contributed by atoms with E-state index in [1.165, 1.54) is 12.1 Å². The highest BCUT2D eigenvalue weighted by molar-refractivity contribution is 6.04. The lowest BCUT2D eigenvalue weighted by Crippen LogP contribution is -2.19. The Morgan fingerprint density at radius 1 is 1.19 bits per heavy atom. The van der Waals surface area contributed by atoms with Crippen LogP contribution in [0.25, 0.3) is 10.9 Å². The second-order valence-corrected chi connectivity index (χ2v) is 4.97. The van der Waals surface area contributed by atoms with Crippen molar-refractivity contribution < 1.29 is 9.18 Å². The zero-order valence-corrected chi connectivity index (χ0v) is 10.9. The Hall–Kier alpha value is -2.89. The van der Waals surface area contributed by atoms with Crippen molar-refractivity contribution in [1.29, 1.82) is 0 Å². The molecule has 6 heteroatoms. The van der Waals surface area contributed by atoms with Crippen molar-refractivity contribution in [2.45, 2.75) is 6.04 Å². The van der Waals surface area contributed by atoms with Gasteiger partial charge < -0.3 is 10.6 Å². The van der Waals surface area contributed by atoms with Gasteiger partial charge in [0, 0.05) is 22.3 Å². The summed E-state index contributed by atoms with van der Waals surface area (Å²) in [4.78, 5) is 12.0. The summed E-state index contributed by atoms with van der Waals surface area (Å²) >= 11 is 0. The van der Waals surface area contributed by atoms with Gasteiger partial charge in [-0.1, -0.05) is 6.07 Å². The predicted molar refractivity (Wildman–Crippen MR) is 77.5 cm³/mol. The molecule has 0 spiro atoms. The molecule has 1 atom stereocenters. The first-order valence-corrected chi connectivity index (χ1v) is 6.51. The van der Waals surface area contributed by atoms with E-state index in [1.54, 1.807) is 12.3 Å². The number of aromatic nitrogens is 2. The minimum absolute atomic E-state index is 0.194. The van der Waals surface area contributed by atoms with Crippen LogP contribution < -0.4 is 10.6 Å². The normalized spacial score (nSPS) is 16.8. The number of amides is 1. The average Bonchev–Trinajstić information content (AvgIpc) is 3.03. The molecule has 0 radical (unpaired) electrons. The molecule has 1 aromatic heterocycles. The van der Waals surface area contributed by atoms with Crippen LogP contribution in [0.1, 0.15) is 11.6 Å². The number of anilines is 2. The zero-order chi connectivity index (χ0) is 14.4. The second-order valence-electron chi connectivity index (χ2n) is 4.97. The SMILES string of the molecule is O=C1Nc2cc(F)ccc2C1Nc1ccc2cn[nH]c2c1. The predicted octanol–water partition coefficient (Wildman–Crippen LogP) is 2.81. The van der Waals surface area contributed by atoms with Gasteiger partial charge in [0.05, 0.1) is 11.7 Å². The van der Waals surface area contributed by atoms with E-state index in [0.717, 1.165) is 22.2 Å². The molecule has 3 N–H and O–H groups in total. The van der Waals surface area contributed by atoms with Crippen LogP contribution in [0.15, 0.2) is 42.6 Å². The van der Waals surface area contributed by atoms with Crippen molar-refractivity contribution in [1.82, 2.24) is 10.2 Å². The maximum atomic E-state index is 13.2. The monoisotopic (exact) mass is 282 g/mol. The first-order valence-electron chi connectivity index (χ1n) is 6.51. The molecule has 4 rings (SSSR count). The molecule has 5 nitrogen and oxygen atoms in total. The number of halogens is 1. The Balaban J connectivity index is 1.69. The molecule has 2 heterocycles. The van der Waals surface area contributed by atoms with Gasteiger partial charge >= 0.3 is 0 Å². The summed E-state index contributed by atoms with van der Waals surface area (Å²) in [5.74, 6) is -0.561. The Morgan fingerprint density at radius 3 is 3.00 bits per heavy atom. The summed E-state index contributed by atoms with van der Waals surface area (Å²) < 4.78 is 13.2. The molecule has 0 bridgehead atoms. The standard InChI is InChI=1S/C15H11FN4O/c16-9-2-4-11-13(5-9)19-15(21)14(11)18-10-3-1-8-7-17-20-12(8)6-10/h1-7,14,18H,(H,17,20)(H,19,21). The third-order valence-corrected chi connectivity index (χ3v) is 3.60. The van der Waals surface area contributed by atoms with E-state index in [0.29, 0.717) is 5.69 Å². The molecule has 2 aromatic carbocycles. The van der Waals surface area contributed by atoms with Crippen molar-refractivity contribution >= 4 is 28.2 Å². The summed E-state index contributed by atoms with van der Waals surface area (Å²) in [5.41, 5.74) is 2.94. The van der Waals surface area contributed by atoms with Crippen LogP contribution >= 0.6 is 0 Å². The van der Waals surface area contributed by atoms with Crippen molar-refractivity contribution in [2.24, 2.45) is 0 Å². The van der Waals surface area contributed by atoms with Gasteiger partial charge in [0.2, 0.25) is 0 Å². The number of aromatic amines is 1. The summed E-state index contributed by atoms with van der Waals surface area (Å²) in [5, 5.41) is 13.7. The number of H-pyrrole nitrogens is 1. The molecule has 0 fully saturated rings. The fourth-order valence-electron chi connectivity index (χ4n) is 2.57. The molecular formula is C15H11FN4O. The summed E-state index contributed by atoms with van der Waals surface area (Å²) in [6.45, 7) is 0. The number of carbonyl (C=O) groups is 1. The second kappa shape index (κ2) is 4.31. The third kappa shape index (κ3) is 1.92. The zero-order valence-electron chi connectivity index (χ0n) is 10.9. The number of hydrogen-bond donors (Lipinski definition) is 3. The number of carbonyl (C=O) groups excluding carboxylic acids is 1.